The second-order valence-corrected chi connectivity index (χ2v) is 7.98. The molecule has 1 aliphatic heterocycles. The summed E-state index contributed by atoms with van der Waals surface area (Å²) in [5, 5.41) is 14.3. The first-order chi connectivity index (χ1) is 12.4. The molecule has 0 aromatic heterocycles. The zero-order valence-electron chi connectivity index (χ0n) is 16.4. The maximum atomic E-state index is 12.8. The van der Waals surface area contributed by atoms with Crippen molar-refractivity contribution in [2.24, 2.45) is 0 Å². The van der Waals surface area contributed by atoms with E-state index in [4.69, 9.17) is 4.74 Å². The molecule has 0 radical (unpaired) electrons. The number of unbranched alkanes of at least 4 members (excludes halogenated alkanes) is 1. The van der Waals surface area contributed by atoms with Crippen molar-refractivity contribution in [3.05, 3.63) is 40.1 Å². The minimum Gasteiger partial charge on any atom is -0.509 e. The molecule has 0 bridgehead atoms. The number of carbonyl (C=O) groups excluding carboxylic acids is 1. The molecule has 1 amide bonds. The fourth-order valence-corrected chi connectivity index (χ4v) is 4.58. The lowest BCUT2D eigenvalue weighted by Crippen LogP contribution is -2.50. The van der Waals surface area contributed by atoms with E-state index in [0.29, 0.717) is 12.0 Å². The van der Waals surface area contributed by atoms with Gasteiger partial charge in [0.1, 0.15) is 11.3 Å². The van der Waals surface area contributed by atoms with Gasteiger partial charge in [0.25, 0.3) is 5.91 Å². The first-order valence-electron chi connectivity index (χ1n) is 9.84. The highest BCUT2D eigenvalue weighted by Crippen LogP contribution is 2.43. The smallest absolute Gasteiger partial charge is 0.256 e. The molecule has 1 fully saturated rings. The summed E-state index contributed by atoms with van der Waals surface area (Å²) in [4.78, 5) is 12.8. The summed E-state index contributed by atoms with van der Waals surface area (Å²) < 4.78 is 6.01. The monoisotopic (exact) mass is 357 g/mol. The topological polar surface area (TPSA) is 58.6 Å². The third-order valence-corrected chi connectivity index (χ3v) is 5.75. The number of rotatable bonds is 5. The molecule has 0 saturated heterocycles. The maximum absolute atomic E-state index is 12.8. The van der Waals surface area contributed by atoms with Gasteiger partial charge in [0.15, 0.2) is 0 Å². The maximum Gasteiger partial charge on any atom is 0.256 e. The Labute approximate surface area is 156 Å². The number of benzene rings is 1. The van der Waals surface area contributed by atoms with Crippen molar-refractivity contribution in [2.75, 3.05) is 6.61 Å². The fraction of sp³-hybridized carbons (Fsp3) is 0.591. The molecule has 2 N–H and O–H groups in total. The molecule has 4 heteroatoms. The van der Waals surface area contributed by atoms with E-state index in [0.717, 1.165) is 55.4 Å². The van der Waals surface area contributed by atoms with Crippen LogP contribution in [-0.2, 0) is 9.53 Å². The van der Waals surface area contributed by atoms with Gasteiger partial charge in [-0.15, -0.1) is 0 Å². The Hall–Kier alpha value is -1.81. The molecule has 1 aromatic carbocycles. The molecular formula is C22H31NO3. The average Bonchev–Trinajstić information content (AvgIpc) is 2.79. The highest BCUT2D eigenvalue weighted by Gasteiger charge is 2.49. The van der Waals surface area contributed by atoms with Crippen molar-refractivity contribution in [3.63, 3.8) is 0 Å². The minimum absolute atomic E-state index is 0.0947. The molecule has 1 heterocycles. The highest BCUT2D eigenvalue weighted by molar-refractivity contribution is 6.24. The van der Waals surface area contributed by atoms with E-state index in [1.54, 1.807) is 0 Å². The molecule has 2 aliphatic rings. The number of amides is 1. The number of aliphatic hydroxyl groups is 1. The molecular weight excluding hydrogens is 326 g/mol. The predicted molar refractivity (Wildman–Crippen MR) is 104 cm³/mol. The molecule has 1 spiro atoms. The van der Waals surface area contributed by atoms with Gasteiger partial charge in [-0.2, -0.15) is 0 Å². The van der Waals surface area contributed by atoms with Crippen LogP contribution in [0.2, 0.25) is 0 Å². The number of nitrogens with one attached hydrogen (secondary N) is 1. The molecule has 1 saturated carbocycles. The fourth-order valence-electron chi connectivity index (χ4n) is 4.58. The van der Waals surface area contributed by atoms with Crippen molar-refractivity contribution in [1.29, 1.82) is 0 Å². The zero-order valence-corrected chi connectivity index (χ0v) is 16.4. The van der Waals surface area contributed by atoms with Gasteiger partial charge in [0.05, 0.1) is 11.7 Å². The van der Waals surface area contributed by atoms with E-state index in [-0.39, 0.29) is 17.8 Å². The third-order valence-electron chi connectivity index (χ3n) is 5.75. The number of hydrogen-bond acceptors (Lipinski definition) is 3. The summed E-state index contributed by atoms with van der Waals surface area (Å²) in [6.45, 7) is 8.96. The van der Waals surface area contributed by atoms with E-state index in [9.17, 15) is 9.90 Å². The number of aliphatic hydroxyl groups excluding tert-OH is 1. The van der Waals surface area contributed by atoms with Crippen molar-refractivity contribution < 1.29 is 14.6 Å². The van der Waals surface area contributed by atoms with Crippen LogP contribution in [0, 0.1) is 20.8 Å². The summed E-state index contributed by atoms with van der Waals surface area (Å²) >= 11 is 0. The number of carbonyl (C=O) groups is 1. The Morgan fingerprint density at radius 2 is 1.96 bits per heavy atom. The van der Waals surface area contributed by atoms with Gasteiger partial charge >= 0.3 is 0 Å². The lowest BCUT2D eigenvalue weighted by molar-refractivity contribution is -0.117. The SMILES string of the molecule is CCCCOC1CCCC2(C1)NC(=O)C(c1c(C)cc(C)cc1C)=C2O. The van der Waals surface area contributed by atoms with Gasteiger partial charge in [-0.05, 0) is 63.1 Å². The number of ether oxygens (including phenoxy) is 1. The molecule has 4 nitrogen and oxygen atoms in total. The van der Waals surface area contributed by atoms with Gasteiger partial charge in [0.2, 0.25) is 0 Å². The summed E-state index contributed by atoms with van der Waals surface area (Å²) in [6.07, 6.45) is 5.61. The summed E-state index contributed by atoms with van der Waals surface area (Å²) in [5.41, 5.74) is 3.89. The van der Waals surface area contributed by atoms with Crippen LogP contribution < -0.4 is 5.32 Å². The van der Waals surface area contributed by atoms with Crippen molar-refractivity contribution in [1.82, 2.24) is 5.32 Å². The van der Waals surface area contributed by atoms with E-state index in [1.807, 2.05) is 20.8 Å². The summed E-state index contributed by atoms with van der Waals surface area (Å²) in [5.74, 6) is 0.0492. The van der Waals surface area contributed by atoms with Crippen LogP contribution in [0.4, 0.5) is 0 Å². The van der Waals surface area contributed by atoms with Crippen molar-refractivity contribution >= 4 is 11.5 Å². The zero-order chi connectivity index (χ0) is 18.9. The van der Waals surface area contributed by atoms with Crippen LogP contribution in [0.5, 0.6) is 0 Å². The second-order valence-electron chi connectivity index (χ2n) is 7.98. The molecule has 1 aliphatic carbocycles. The van der Waals surface area contributed by atoms with Gasteiger partial charge in [-0.25, -0.2) is 0 Å². The minimum atomic E-state index is -0.661. The van der Waals surface area contributed by atoms with Crippen LogP contribution in [-0.4, -0.2) is 29.3 Å². The Morgan fingerprint density at radius 1 is 1.27 bits per heavy atom. The van der Waals surface area contributed by atoms with Gasteiger partial charge in [-0.1, -0.05) is 31.0 Å². The third kappa shape index (κ3) is 3.39. The number of aryl methyl sites for hydroxylation is 3. The molecule has 1 aromatic rings. The quantitative estimate of drug-likeness (QED) is 0.762. The Kier molecular flexibility index (Phi) is 5.42. The molecule has 3 rings (SSSR count). The van der Waals surface area contributed by atoms with E-state index in [1.165, 1.54) is 5.56 Å². The van der Waals surface area contributed by atoms with Crippen LogP contribution in [0.25, 0.3) is 5.57 Å². The van der Waals surface area contributed by atoms with Gasteiger partial charge in [-0.3, -0.25) is 4.79 Å². The van der Waals surface area contributed by atoms with E-state index < -0.39 is 5.54 Å². The first kappa shape index (κ1) is 19.0. The lowest BCUT2D eigenvalue weighted by atomic mass is 9.78. The number of hydrogen-bond donors (Lipinski definition) is 2. The normalized spacial score (nSPS) is 25.8. The van der Waals surface area contributed by atoms with Gasteiger partial charge in [0, 0.05) is 13.0 Å². The largest absolute Gasteiger partial charge is 0.509 e. The predicted octanol–water partition coefficient (Wildman–Crippen LogP) is 4.51. The van der Waals surface area contributed by atoms with Crippen molar-refractivity contribution in [2.45, 2.75) is 77.9 Å². The lowest BCUT2D eigenvalue weighted by Gasteiger charge is -2.37. The van der Waals surface area contributed by atoms with Crippen molar-refractivity contribution in [3.8, 4) is 0 Å². The highest BCUT2D eigenvalue weighted by atomic mass is 16.5. The van der Waals surface area contributed by atoms with Crippen LogP contribution >= 0.6 is 0 Å². The molecule has 26 heavy (non-hydrogen) atoms. The van der Waals surface area contributed by atoms with Gasteiger partial charge < -0.3 is 15.2 Å². The van der Waals surface area contributed by atoms with Crippen LogP contribution in [0.15, 0.2) is 17.9 Å². The Morgan fingerprint density at radius 3 is 2.62 bits per heavy atom. The average molecular weight is 357 g/mol. The molecule has 2 atom stereocenters. The first-order valence-corrected chi connectivity index (χ1v) is 9.84. The van der Waals surface area contributed by atoms with Crippen LogP contribution in [0.1, 0.15) is 67.7 Å². The summed E-state index contributed by atoms with van der Waals surface area (Å²) in [6, 6.07) is 4.14. The van der Waals surface area contributed by atoms with E-state index >= 15 is 0 Å². The van der Waals surface area contributed by atoms with E-state index in [2.05, 4.69) is 24.4 Å². The second kappa shape index (κ2) is 7.43. The van der Waals surface area contributed by atoms with Crippen LogP contribution in [0.3, 0.4) is 0 Å². The Balaban J connectivity index is 1.93. The summed E-state index contributed by atoms with van der Waals surface area (Å²) in [7, 11) is 0. The molecule has 2 unspecified atom stereocenters. The Bertz CT molecular complexity index is 714. The standard InChI is InChI=1S/C22H31NO3/c1-5-6-10-26-17-8-7-9-22(13-17)20(24)19(21(25)23-22)18-15(3)11-14(2)12-16(18)4/h11-12,17,24H,5-10,13H2,1-4H3,(H,23,25). The molecule has 142 valence electrons.